The van der Waals surface area contributed by atoms with Crippen molar-refractivity contribution in [3.8, 4) is 5.75 Å². The van der Waals surface area contributed by atoms with Crippen molar-refractivity contribution in [1.82, 2.24) is 19.5 Å². The molecule has 1 amide bonds. The van der Waals surface area contributed by atoms with Gasteiger partial charge in [-0.15, -0.1) is 10.2 Å². The lowest BCUT2D eigenvalue weighted by molar-refractivity contribution is -0.129. The zero-order valence-electron chi connectivity index (χ0n) is 18.1. The zero-order chi connectivity index (χ0) is 21.1. The van der Waals surface area contributed by atoms with E-state index in [1.54, 1.807) is 7.11 Å². The van der Waals surface area contributed by atoms with Gasteiger partial charge in [0.2, 0.25) is 5.91 Å². The summed E-state index contributed by atoms with van der Waals surface area (Å²) in [6.07, 6.45) is 0. The smallest absolute Gasteiger partial charge is 0.233 e. The van der Waals surface area contributed by atoms with E-state index in [2.05, 4.69) is 50.9 Å². The summed E-state index contributed by atoms with van der Waals surface area (Å²) in [4.78, 5) is 14.9. The third kappa shape index (κ3) is 4.83. The molecule has 0 saturated heterocycles. The standard InChI is InChI=1S/C22H30N4O2S/c1-14(2)11-25(12-15(3)4)21(27)13-29-22-24-23-20-9-16(5)18-8-7-17(28-6)10-19(18)26(20)22/h7-10,14-15H,11-13H2,1-6H3. The Kier molecular flexibility index (Phi) is 6.67. The quantitative estimate of drug-likeness (QED) is 0.510. The van der Waals surface area contributed by atoms with Crippen molar-refractivity contribution < 1.29 is 9.53 Å². The molecule has 0 saturated carbocycles. The molecular weight excluding hydrogens is 384 g/mol. The summed E-state index contributed by atoms with van der Waals surface area (Å²) in [5.41, 5.74) is 2.90. The summed E-state index contributed by atoms with van der Waals surface area (Å²) < 4.78 is 7.42. The molecule has 0 aliphatic rings. The predicted molar refractivity (Wildman–Crippen MR) is 119 cm³/mol. The summed E-state index contributed by atoms with van der Waals surface area (Å²) in [5.74, 6) is 2.15. The Bertz CT molecular complexity index is 1000. The van der Waals surface area contributed by atoms with Crippen LogP contribution in [0.5, 0.6) is 5.75 Å². The lowest BCUT2D eigenvalue weighted by Gasteiger charge is -2.26. The van der Waals surface area contributed by atoms with Crippen molar-refractivity contribution in [3.05, 3.63) is 29.8 Å². The molecule has 3 rings (SSSR count). The molecule has 6 nitrogen and oxygen atoms in total. The van der Waals surface area contributed by atoms with Crippen LogP contribution in [-0.2, 0) is 4.79 Å². The van der Waals surface area contributed by atoms with E-state index in [4.69, 9.17) is 4.74 Å². The predicted octanol–water partition coefficient (Wildman–Crippen LogP) is 4.43. The fraction of sp³-hybridized carbons (Fsp3) is 0.500. The summed E-state index contributed by atoms with van der Waals surface area (Å²) in [6.45, 7) is 12.2. The summed E-state index contributed by atoms with van der Waals surface area (Å²) >= 11 is 1.44. The van der Waals surface area contributed by atoms with Crippen molar-refractivity contribution in [2.24, 2.45) is 11.8 Å². The summed E-state index contributed by atoms with van der Waals surface area (Å²) in [6, 6.07) is 8.03. The lowest BCUT2D eigenvalue weighted by atomic mass is 10.1. The van der Waals surface area contributed by atoms with Crippen LogP contribution in [0.1, 0.15) is 33.3 Å². The lowest BCUT2D eigenvalue weighted by Crippen LogP contribution is -2.38. The molecule has 7 heteroatoms. The Balaban J connectivity index is 1.90. The Hall–Kier alpha value is -2.28. The van der Waals surface area contributed by atoms with Gasteiger partial charge in [0.05, 0.1) is 18.4 Å². The molecule has 0 aliphatic carbocycles. The van der Waals surface area contributed by atoms with E-state index in [1.165, 1.54) is 11.8 Å². The van der Waals surface area contributed by atoms with Gasteiger partial charge in [0.25, 0.3) is 0 Å². The van der Waals surface area contributed by atoms with Gasteiger partial charge < -0.3 is 9.64 Å². The van der Waals surface area contributed by atoms with E-state index >= 15 is 0 Å². The molecule has 3 aromatic rings. The van der Waals surface area contributed by atoms with Gasteiger partial charge in [-0.25, -0.2) is 0 Å². The third-order valence-electron chi connectivity index (χ3n) is 4.72. The molecule has 156 valence electrons. The Labute approximate surface area is 176 Å². The van der Waals surface area contributed by atoms with Crippen LogP contribution in [-0.4, -0.2) is 51.4 Å². The average molecular weight is 415 g/mol. The number of carbonyl (C=O) groups excluding carboxylic acids is 1. The number of hydrogen-bond acceptors (Lipinski definition) is 5. The monoisotopic (exact) mass is 414 g/mol. The van der Waals surface area contributed by atoms with Gasteiger partial charge in [-0.1, -0.05) is 39.5 Å². The Morgan fingerprint density at radius 2 is 1.83 bits per heavy atom. The minimum Gasteiger partial charge on any atom is -0.497 e. The van der Waals surface area contributed by atoms with Gasteiger partial charge in [0.1, 0.15) is 5.75 Å². The average Bonchev–Trinajstić information content (AvgIpc) is 3.07. The summed E-state index contributed by atoms with van der Waals surface area (Å²) in [5, 5.41) is 10.5. The number of rotatable bonds is 8. The van der Waals surface area contributed by atoms with E-state index in [1.807, 2.05) is 27.5 Å². The van der Waals surface area contributed by atoms with Crippen LogP contribution in [0.2, 0.25) is 0 Å². The number of aromatic nitrogens is 3. The molecule has 0 atom stereocenters. The first kappa shape index (κ1) is 21.4. The molecule has 2 aromatic heterocycles. The molecule has 0 N–H and O–H groups in total. The first-order valence-electron chi connectivity index (χ1n) is 10.0. The zero-order valence-corrected chi connectivity index (χ0v) is 18.9. The first-order chi connectivity index (χ1) is 13.8. The number of amides is 1. The van der Waals surface area contributed by atoms with E-state index in [0.717, 1.165) is 46.1 Å². The van der Waals surface area contributed by atoms with Crippen molar-refractivity contribution >= 4 is 34.2 Å². The maximum absolute atomic E-state index is 12.9. The van der Waals surface area contributed by atoms with Crippen molar-refractivity contribution in [1.29, 1.82) is 0 Å². The second-order valence-electron chi connectivity index (χ2n) is 8.26. The van der Waals surface area contributed by atoms with E-state index in [-0.39, 0.29) is 5.91 Å². The fourth-order valence-electron chi connectivity index (χ4n) is 3.50. The largest absolute Gasteiger partial charge is 0.497 e. The third-order valence-corrected chi connectivity index (χ3v) is 5.64. The molecule has 0 radical (unpaired) electrons. The van der Waals surface area contributed by atoms with E-state index < -0.39 is 0 Å². The molecule has 2 heterocycles. The maximum atomic E-state index is 12.9. The SMILES string of the molecule is COc1ccc2c(C)cc3nnc(SCC(=O)N(CC(C)C)CC(C)C)n3c2c1. The number of hydrogen-bond donors (Lipinski definition) is 0. The maximum Gasteiger partial charge on any atom is 0.233 e. The van der Waals surface area contributed by atoms with Gasteiger partial charge in [0.15, 0.2) is 10.8 Å². The van der Waals surface area contributed by atoms with Crippen LogP contribution in [0.15, 0.2) is 29.4 Å². The highest BCUT2D eigenvalue weighted by molar-refractivity contribution is 7.99. The number of thioether (sulfide) groups is 1. The van der Waals surface area contributed by atoms with Gasteiger partial charge in [-0.2, -0.15) is 0 Å². The van der Waals surface area contributed by atoms with Crippen LogP contribution < -0.4 is 4.74 Å². The van der Waals surface area contributed by atoms with E-state index in [9.17, 15) is 4.79 Å². The van der Waals surface area contributed by atoms with Crippen molar-refractivity contribution in [3.63, 3.8) is 0 Å². The molecule has 0 fully saturated rings. The number of nitrogens with zero attached hydrogens (tertiary/aromatic N) is 4. The molecule has 1 aromatic carbocycles. The minimum absolute atomic E-state index is 0.142. The number of benzene rings is 1. The van der Waals surface area contributed by atoms with Crippen LogP contribution in [0, 0.1) is 18.8 Å². The Morgan fingerprint density at radius 1 is 1.14 bits per heavy atom. The number of ether oxygens (including phenoxy) is 1. The van der Waals surface area contributed by atoms with Gasteiger partial charge in [-0.05, 0) is 42.5 Å². The normalized spacial score (nSPS) is 11.7. The van der Waals surface area contributed by atoms with Crippen LogP contribution in [0.25, 0.3) is 16.6 Å². The fourth-order valence-corrected chi connectivity index (χ4v) is 4.35. The highest BCUT2D eigenvalue weighted by atomic mass is 32.2. The highest BCUT2D eigenvalue weighted by Gasteiger charge is 2.19. The molecule has 29 heavy (non-hydrogen) atoms. The molecule has 0 unspecified atom stereocenters. The van der Waals surface area contributed by atoms with Crippen LogP contribution in [0.3, 0.4) is 0 Å². The molecule has 0 bridgehead atoms. The second kappa shape index (κ2) is 9.03. The number of pyridine rings is 1. The van der Waals surface area contributed by atoms with E-state index in [0.29, 0.717) is 17.6 Å². The number of carbonyl (C=O) groups is 1. The number of aryl methyl sites for hydroxylation is 1. The molecule has 0 aliphatic heterocycles. The first-order valence-corrected chi connectivity index (χ1v) is 11.0. The van der Waals surface area contributed by atoms with Crippen LogP contribution in [0.4, 0.5) is 0 Å². The van der Waals surface area contributed by atoms with Crippen molar-refractivity contribution in [2.45, 2.75) is 39.8 Å². The highest BCUT2D eigenvalue weighted by Crippen LogP contribution is 2.28. The van der Waals surface area contributed by atoms with Gasteiger partial charge >= 0.3 is 0 Å². The number of fused-ring (bicyclic) bond motifs is 3. The summed E-state index contributed by atoms with van der Waals surface area (Å²) in [7, 11) is 1.66. The Morgan fingerprint density at radius 3 is 2.45 bits per heavy atom. The second-order valence-corrected chi connectivity index (χ2v) is 9.20. The topological polar surface area (TPSA) is 59.7 Å². The van der Waals surface area contributed by atoms with Gasteiger partial charge in [-0.3, -0.25) is 9.20 Å². The molecule has 0 spiro atoms. The van der Waals surface area contributed by atoms with Gasteiger partial charge in [0, 0.05) is 24.5 Å². The van der Waals surface area contributed by atoms with Crippen LogP contribution >= 0.6 is 11.8 Å². The number of methoxy groups -OCH3 is 1. The van der Waals surface area contributed by atoms with Crippen molar-refractivity contribution in [2.75, 3.05) is 26.0 Å². The minimum atomic E-state index is 0.142. The molecular formula is C22H30N4O2S.